The monoisotopic (exact) mass is 347 g/mol. The van der Waals surface area contributed by atoms with E-state index in [1.54, 1.807) is 19.4 Å². The second-order valence-electron chi connectivity index (χ2n) is 4.80. The molecule has 0 radical (unpaired) electrons. The molecule has 6 heteroatoms. The number of phenolic OH excluding ortho intramolecular Hbond substituents is 1. The first-order chi connectivity index (χ1) is 11.1. The minimum absolute atomic E-state index is 0.105. The highest BCUT2D eigenvalue weighted by Gasteiger charge is 2.19. The number of hydrogen-bond acceptors (Lipinski definition) is 5. The predicted octanol–water partition coefficient (Wildman–Crippen LogP) is 4.85. The number of aromatic hydroxyl groups is 1. The van der Waals surface area contributed by atoms with Gasteiger partial charge in [-0.1, -0.05) is 23.7 Å². The minimum Gasteiger partial charge on any atom is -0.508 e. The summed E-state index contributed by atoms with van der Waals surface area (Å²) in [5, 5.41) is 10.6. The zero-order chi connectivity index (χ0) is 16.4. The molecule has 0 aliphatic heterocycles. The first-order valence-electron chi connectivity index (χ1n) is 6.80. The van der Waals surface area contributed by atoms with E-state index >= 15 is 0 Å². The van der Waals surface area contributed by atoms with Gasteiger partial charge in [0, 0.05) is 28.4 Å². The summed E-state index contributed by atoms with van der Waals surface area (Å²) in [6, 6.07) is 10.7. The van der Waals surface area contributed by atoms with Gasteiger partial charge in [-0.25, -0.2) is 0 Å². The average Bonchev–Trinajstić information content (AvgIpc) is 3.04. The highest BCUT2D eigenvalue weighted by molar-refractivity contribution is 7.10. The second-order valence-corrected chi connectivity index (χ2v) is 6.04. The van der Waals surface area contributed by atoms with Gasteiger partial charge in [-0.2, -0.15) is 4.37 Å². The Balaban J connectivity index is 2.19. The maximum Gasteiger partial charge on any atom is 0.169 e. The van der Waals surface area contributed by atoms with E-state index in [-0.39, 0.29) is 5.75 Å². The standard InChI is InChI=1S/C17H14ClNO3S/c1-21-15-8-12(20)7-13(16(15)22-2)17-14(9-19-23-17)10-3-5-11(18)6-4-10/h3-9,20H,1-2H3. The summed E-state index contributed by atoms with van der Waals surface area (Å²) in [5.41, 5.74) is 2.66. The van der Waals surface area contributed by atoms with Crippen molar-refractivity contribution >= 4 is 23.1 Å². The van der Waals surface area contributed by atoms with Crippen molar-refractivity contribution in [1.82, 2.24) is 4.37 Å². The summed E-state index contributed by atoms with van der Waals surface area (Å²) >= 11 is 7.28. The lowest BCUT2D eigenvalue weighted by Gasteiger charge is -2.13. The molecule has 3 rings (SSSR count). The molecule has 1 N–H and O–H groups in total. The van der Waals surface area contributed by atoms with Crippen molar-refractivity contribution in [2.45, 2.75) is 0 Å². The van der Waals surface area contributed by atoms with Gasteiger partial charge in [-0.05, 0) is 35.3 Å². The maximum atomic E-state index is 9.97. The van der Waals surface area contributed by atoms with Crippen LogP contribution in [0.25, 0.3) is 21.6 Å². The molecule has 0 unspecified atom stereocenters. The third kappa shape index (κ3) is 2.98. The lowest BCUT2D eigenvalue weighted by atomic mass is 10.0. The highest BCUT2D eigenvalue weighted by atomic mass is 35.5. The molecule has 1 heterocycles. The molecule has 0 bridgehead atoms. The van der Waals surface area contributed by atoms with E-state index in [9.17, 15) is 5.11 Å². The SMILES string of the molecule is COc1cc(O)cc(-c2sncc2-c2ccc(Cl)cc2)c1OC. The molecule has 0 amide bonds. The van der Waals surface area contributed by atoms with Crippen LogP contribution in [-0.2, 0) is 0 Å². The molecule has 0 saturated heterocycles. The van der Waals surface area contributed by atoms with Gasteiger partial charge >= 0.3 is 0 Å². The molecule has 118 valence electrons. The fraction of sp³-hybridized carbons (Fsp3) is 0.118. The quantitative estimate of drug-likeness (QED) is 0.732. The van der Waals surface area contributed by atoms with E-state index in [0.717, 1.165) is 21.6 Å². The van der Waals surface area contributed by atoms with E-state index in [0.29, 0.717) is 16.5 Å². The Morgan fingerprint density at radius 2 is 1.78 bits per heavy atom. The van der Waals surface area contributed by atoms with Crippen LogP contribution in [0.3, 0.4) is 0 Å². The molecule has 0 saturated carbocycles. The summed E-state index contributed by atoms with van der Waals surface area (Å²) in [4.78, 5) is 0.887. The molecule has 0 spiro atoms. The molecule has 3 aromatic rings. The first-order valence-corrected chi connectivity index (χ1v) is 7.95. The number of rotatable bonds is 4. The number of halogens is 1. The number of aromatic nitrogens is 1. The molecular weight excluding hydrogens is 334 g/mol. The van der Waals surface area contributed by atoms with Crippen molar-refractivity contribution in [3.8, 4) is 38.8 Å². The maximum absolute atomic E-state index is 9.97. The van der Waals surface area contributed by atoms with Crippen molar-refractivity contribution in [1.29, 1.82) is 0 Å². The van der Waals surface area contributed by atoms with Crippen LogP contribution in [0.15, 0.2) is 42.6 Å². The van der Waals surface area contributed by atoms with E-state index in [1.165, 1.54) is 24.7 Å². The topological polar surface area (TPSA) is 51.6 Å². The fourth-order valence-electron chi connectivity index (χ4n) is 2.39. The van der Waals surface area contributed by atoms with Crippen LogP contribution in [-0.4, -0.2) is 23.7 Å². The summed E-state index contributed by atoms with van der Waals surface area (Å²) in [5.74, 6) is 1.14. The van der Waals surface area contributed by atoms with Crippen LogP contribution in [0.5, 0.6) is 17.2 Å². The molecule has 2 aromatic carbocycles. The van der Waals surface area contributed by atoms with Gasteiger partial charge in [0.2, 0.25) is 0 Å². The molecule has 4 nitrogen and oxygen atoms in total. The Morgan fingerprint density at radius 3 is 2.43 bits per heavy atom. The normalized spacial score (nSPS) is 10.6. The Labute approximate surface area is 143 Å². The van der Waals surface area contributed by atoms with Crippen molar-refractivity contribution in [3.63, 3.8) is 0 Å². The van der Waals surface area contributed by atoms with Crippen molar-refractivity contribution in [3.05, 3.63) is 47.6 Å². The Hall–Kier alpha value is -2.24. The molecule has 23 heavy (non-hydrogen) atoms. The van der Waals surface area contributed by atoms with Gasteiger partial charge < -0.3 is 14.6 Å². The summed E-state index contributed by atoms with van der Waals surface area (Å²) in [6.07, 6.45) is 1.79. The van der Waals surface area contributed by atoms with Crippen LogP contribution in [0, 0.1) is 0 Å². The fourth-order valence-corrected chi connectivity index (χ4v) is 3.30. The number of benzene rings is 2. The molecule has 0 atom stereocenters. The highest BCUT2D eigenvalue weighted by Crippen LogP contribution is 2.46. The number of methoxy groups -OCH3 is 2. The summed E-state index contributed by atoms with van der Waals surface area (Å²) in [7, 11) is 3.11. The van der Waals surface area contributed by atoms with E-state index in [4.69, 9.17) is 21.1 Å². The van der Waals surface area contributed by atoms with Gasteiger partial charge in [0.15, 0.2) is 11.5 Å². The first kappa shape index (κ1) is 15.6. The van der Waals surface area contributed by atoms with Crippen LogP contribution < -0.4 is 9.47 Å². The molecule has 0 fully saturated rings. The van der Waals surface area contributed by atoms with E-state index in [1.807, 2.05) is 24.3 Å². The van der Waals surface area contributed by atoms with Crippen molar-refractivity contribution in [2.75, 3.05) is 14.2 Å². The van der Waals surface area contributed by atoms with Crippen LogP contribution >= 0.6 is 23.1 Å². The summed E-state index contributed by atoms with van der Waals surface area (Å²) in [6.45, 7) is 0. The van der Waals surface area contributed by atoms with Crippen LogP contribution in [0.1, 0.15) is 0 Å². The van der Waals surface area contributed by atoms with Gasteiger partial charge in [-0.3, -0.25) is 0 Å². The minimum atomic E-state index is 0.105. The predicted molar refractivity (Wildman–Crippen MR) is 92.8 cm³/mol. The van der Waals surface area contributed by atoms with Gasteiger partial charge in [0.05, 0.1) is 19.1 Å². The van der Waals surface area contributed by atoms with Gasteiger partial charge in [0.1, 0.15) is 5.75 Å². The third-order valence-electron chi connectivity index (χ3n) is 3.43. The summed E-state index contributed by atoms with van der Waals surface area (Å²) < 4.78 is 15.1. The number of hydrogen-bond donors (Lipinski definition) is 1. The third-order valence-corrected chi connectivity index (χ3v) is 4.52. The molecule has 0 aliphatic carbocycles. The molecular formula is C17H14ClNO3S. The molecule has 0 aliphatic rings. The Bertz CT molecular complexity index is 830. The van der Waals surface area contributed by atoms with Crippen LogP contribution in [0.4, 0.5) is 0 Å². The smallest absolute Gasteiger partial charge is 0.169 e. The number of phenols is 1. The lowest BCUT2D eigenvalue weighted by molar-refractivity contribution is 0.353. The van der Waals surface area contributed by atoms with Crippen molar-refractivity contribution < 1.29 is 14.6 Å². The average molecular weight is 348 g/mol. The zero-order valence-corrected chi connectivity index (χ0v) is 14.1. The van der Waals surface area contributed by atoms with Crippen molar-refractivity contribution in [2.24, 2.45) is 0 Å². The van der Waals surface area contributed by atoms with Gasteiger partial charge in [0.25, 0.3) is 0 Å². The zero-order valence-electron chi connectivity index (χ0n) is 12.5. The van der Waals surface area contributed by atoms with E-state index < -0.39 is 0 Å². The second kappa shape index (κ2) is 6.48. The Morgan fingerprint density at radius 1 is 1.04 bits per heavy atom. The van der Waals surface area contributed by atoms with Gasteiger partial charge in [-0.15, -0.1) is 0 Å². The lowest BCUT2D eigenvalue weighted by Crippen LogP contribution is -1.93. The largest absolute Gasteiger partial charge is 0.508 e. The Kier molecular flexibility index (Phi) is 4.41. The number of ether oxygens (including phenoxy) is 2. The number of nitrogens with zero attached hydrogens (tertiary/aromatic N) is 1. The van der Waals surface area contributed by atoms with E-state index in [2.05, 4.69) is 4.37 Å². The van der Waals surface area contributed by atoms with Crippen LogP contribution in [0.2, 0.25) is 5.02 Å². The molecule has 1 aromatic heterocycles.